The van der Waals surface area contributed by atoms with Crippen molar-refractivity contribution in [2.75, 3.05) is 7.05 Å². The van der Waals surface area contributed by atoms with E-state index in [2.05, 4.69) is 10.4 Å². The molecule has 2 rings (SSSR count). The second-order valence-corrected chi connectivity index (χ2v) is 4.27. The number of hydrogen-bond donors (Lipinski definition) is 1. The van der Waals surface area contributed by atoms with Gasteiger partial charge in [-0.25, -0.2) is 0 Å². The van der Waals surface area contributed by atoms with E-state index in [1.54, 1.807) is 0 Å². The highest BCUT2D eigenvalue weighted by molar-refractivity contribution is 5.85. The summed E-state index contributed by atoms with van der Waals surface area (Å²) >= 11 is 0. The number of nitrogens with zero attached hydrogens (tertiary/aromatic N) is 2. The zero-order valence-electron chi connectivity index (χ0n) is 10.8. The van der Waals surface area contributed by atoms with Gasteiger partial charge in [0.05, 0.1) is 6.20 Å². The minimum Gasteiger partial charge on any atom is -0.316 e. The molecule has 0 aliphatic rings. The molecule has 0 saturated carbocycles. The number of hydrogen-bond acceptors (Lipinski definition) is 2. The van der Waals surface area contributed by atoms with E-state index in [1.807, 2.05) is 31.3 Å². The molecule has 2 aromatic rings. The molecule has 0 unspecified atom stereocenters. The monoisotopic (exact) mass is 305 g/mol. The number of halogens is 4. The Morgan fingerprint density at radius 1 is 1.15 bits per heavy atom. The first kappa shape index (κ1) is 16.5. The van der Waals surface area contributed by atoms with Gasteiger partial charge in [0.1, 0.15) is 6.54 Å². The van der Waals surface area contributed by atoms with Gasteiger partial charge in [-0.1, -0.05) is 24.3 Å². The fourth-order valence-electron chi connectivity index (χ4n) is 1.80. The SMILES string of the molecule is CNCc1ccc(-c2cnn(CC(F)(F)F)c2)cc1.Cl. The normalized spacial score (nSPS) is 11.2. The topological polar surface area (TPSA) is 29.9 Å². The lowest BCUT2D eigenvalue weighted by atomic mass is 10.1. The molecule has 1 aromatic heterocycles. The third kappa shape index (κ3) is 4.54. The van der Waals surface area contributed by atoms with Gasteiger partial charge in [0.15, 0.2) is 0 Å². The van der Waals surface area contributed by atoms with E-state index in [0.29, 0.717) is 5.56 Å². The van der Waals surface area contributed by atoms with Gasteiger partial charge in [-0.2, -0.15) is 18.3 Å². The summed E-state index contributed by atoms with van der Waals surface area (Å²) in [7, 11) is 1.86. The Morgan fingerprint density at radius 2 is 1.80 bits per heavy atom. The van der Waals surface area contributed by atoms with Crippen LogP contribution in [-0.2, 0) is 13.1 Å². The molecule has 3 nitrogen and oxygen atoms in total. The minimum atomic E-state index is -4.25. The molecule has 0 aliphatic carbocycles. The van der Waals surface area contributed by atoms with E-state index < -0.39 is 12.7 Å². The molecule has 7 heteroatoms. The van der Waals surface area contributed by atoms with Crippen LogP contribution in [0.25, 0.3) is 11.1 Å². The summed E-state index contributed by atoms with van der Waals surface area (Å²) in [5.74, 6) is 0. The molecular formula is C13H15ClF3N3. The van der Waals surface area contributed by atoms with E-state index in [9.17, 15) is 13.2 Å². The molecule has 1 N–H and O–H groups in total. The maximum Gasteiger partial charge on any atom is 0.408 e. The minimum absolute atomic E-state index is 0. The van der Waals surface area contributed by atoms with Gasteiger partial charge in [-0.05, 0) is 18.2 Å². The van der Waals surface area contributed by atoms with Crippen LogP contribution < -0.4 is 5.32 Å². The van der Waals surface area contributed by atoms with Crippen LogP contribution in [0.15, 0.2) is 36.7 Å². The van der Waals surface area contributed by atoms with E-state index in [1.165, 1.54) is 12.4 Å². The number of benzene rings is 1. The van der Waals surface area contributed by atoms with Crippen molar-refractivity contribution in [3.63, 3.8) is 0 Å². The van der Waals surface area contributed by atoms with Gasteiger partial charge in [0.25, 0.3) is 0 Å². The van der Waals surface area contributed by atoms with Crippen LogP contribution in [0.4, 0.5) is 13.2 Å². The van der Waals surface area contributed by atoms with Crippen LogP contribution in [0.2, 0.25) is 0 Å². The molecule has 110 valence electrons. The molecular weight excluding hydrogens is 291 g/mol. The Bertz CT molecular complexity index is 535. The smallest absolute Gasteiger partial charge is 0.316 e. The number of alkyl halides is 3. The lowest BCUT2D eigenvalue weighted by molar-refractivity contribution is -0.142. The second-order valence-electron chi connectivity index (χ2n) is 4.27. The van der Waals surface area contributed by atoms with Crippen molar-refractivity contribution in [1.82, 2.24) is 15.1 Å². The van der Waals surface area contributed by atoms with Crippen LogP contribution in [0.1, 0.15) is 5.56 Å². The van der Waals surface area contributed by atoms with Crippen LogP contribution in [-0.4, -0.2) is 23.0 Å². The highest BCUT2D eigenvalue weighted by Crippen LogP contribution is 2.22. The molecule has 0 spiro atoms. The fraction of sp³-hybridized carbons (Fsp3) is 0.308. The number of nitrogens with one attached hydrogen (secondary N) is 1. The van der Waals surface area contributed by atoms with E-state index in [-0.39, 0.29) is 12.4 Å². The summed E-state index contributed by atoms with van der Waals surface area (Å²) in [5.41, 5.74) is 2.66. The highest BCUT2D eigenvalue weighted by atomic mass is 35.5. The molecule has 0 radical (unpaired) electrons. The summed E-state index contributed by atoms with van der Waals surface area (Å²) in [6.45, 7) is -0.307. The molecule has 20 heavy (non-hydrogen) atoms. The number of rotatable bonds is 4. The molecule has 0 saturated heterocycles. The van der Waals surface area contributed by atoms with Gasteiger partial charge in [0.2, 0.25) is 0 Å². The van der Waals surface area contributed by atoms with Gasteiger partial charge >= 0.3 is 6.18 Å². The average molecular weight is 306 g/mol. The predicted molar refractivity (Wildman–Crippen MR) is 73.7 cm³/mol. The summed E-state index contributed by atoms with van der Waals surface area (Å²) in [5, 5.41) is 6.75. The summed E-state index contributed by atoms with van der Waals surface area (Å²) in [4.78, 5) is 0. The van der Waals surface area contributed by atoms with Crippen molar-refractivity contribution in [3.8, 4) is 11.1 Å². The quantitative estimate of drug-likeness (QED) is 0.939. The third-order valence-electron chi connectivity index (χ3n) is 2.64. The molecule has 0 fully saturated rings. The lowest BCUT2D eigenvalue weighted by Crippen LogP contribution is -2.17. The van der Waals surface area contributed by atoms with Crippen molar-refractivity contribution < 1.29 is 13.2 Å². The Morgan fingerprint density at radius 3 is 2.35 bits per heavy atom. The maximum atomic E-state index is 12.2. The Balaban J connectivity index is 0.00000200. The van der Waals surface area contributed by atoms with Crippen molar-refractivity contribution in [2.45, 2.75) is 19.3 Å². The van der Waals surface area contributed by atoms with Gasteiger partial charge in [0, 0.05) is 18.3 Å². The fourth-order valence-corrected chi connectivity index (χ4v) is 1.80. The Kier molecular flexibility index (Phi) is 5.59. The second kappa shape index (κ2) is 6.76. The van der Waals surface area contributed by atoms with Gasteiger partial charge in [-0.3, -0.25) is 4.68 Å². The molecule has 0 bridgehead atoms. The molecule has 0 atom stereocenters. The van der Waals surface area contributed by atoms with Gasteiger partial charge in [-0.15, -0.1) is 12.4 Å². The molecule has 0 aliphatic heterocycles. The van der Waals surface area contributed by atoms with Crippen LogP contribution in [0.5, 0.6) is 0 Å². The van der Waals surface area contributed by atoms with Gasteiger partial charge < -0.3 is 5.32 Å². The largest absolute Gasteiger partial charge is 0.408 e. The van der Waals surface area contributed by atoms with Crippen molar-refractivity contribution in [1.29, 1.82) is 0 Å². The van der Waals surface area contributed by atoms with E-state index >= 15 is 0 Å². The van der Waals surface area contributed by atoms with Crippen LogP contribution in [0, 0.1) is 0 Å². The molecule has 1 heterocycles. The summed E-state index contributed by atoms with van der Waals surface area (Å²) in [6, 6.07) is 7.63. The van der Waals surface area contributed by atoms with Crippen molar-refractivity contribution in [2.24, 2.45) is 0 Å². The van der Waals surface area contributed by atoms with E-state index in [4.69, 9.17) is 0 Å². The first-order chi connectivity index (χ1) is 8.98. The maximum absolute atomic E-state index is 12.2. The predicted octanol–water partition coefficient (Wildman–Crippen LogP) is 3.25. The summed E-state index contributed by atoms with van der Waals surface area (Å²) < 4.78 is 37.6. The molecule has 0 amide bonds. The molecule has 1 aromatic carbocycles. The highest BCUT2D eigenvalue weighted by Gasteiger charge is 2.28. The zero-order chi connectivity index (χ0) is 13.9. The van der Waals surface area contributed by atoms with Crippen LogP contribution >= 0.6 is 12.4 Å². The van der Waals surface area contributed by atoms with Crippen LogP contribution in [0.3, 0.4) is 0 Å². The first-order valence-corrected chi connectivity index (χ1v) is 5.81. The Hall–Kier alpha value is -1.53. The average Bonchev–Trinajstić information content (AvgIpc) is 2.76. The standard InChI is InChI=1S/C13H14F3N3.ClH/c1-17-6-10-2-4-11(5-3-10)12-7-18-19(8-12)9-13(14,15)16;/h2-5,7-8,17H,6,9H2,1H3;1H. The third-order valence-corrected chi connectivity index (χ3v) is 2.64. The van der Waals surface area contributed by atoms with Crippen molar-refractivity contribution >= 4 is 12.4 Å². The van der Waals surface area contributed by atoms with E-state index in [0.717, 1.165) is 22.4 Å². The number of aromatic nitrogens is 2. The van der Waals surface area contributed by atoms with Crippen molar-refractivity contribution in [3.05, 3.63) is 42.2 Å². The zero-order valence-corrected chi connectivity index (χ0v) is 11.6. The Labute approximate surface area is 121 Å². The summed E-state index contributed by atoms with van der Waals surface area (Å²) in [6.07, 6.45) is -1.40. The first-order valence-electron chi connectivity index (χ1n) is 5.81. The lowest BCUT2D eigenvalue weighted by Gasteiger charge is -2.05.